The zero-order valence-corrected chi connectivity index (χ0v) is 14.0. The normalized spacial score (nSPS) is 10.9. The summed E-state index contributed by atoms with van der Waals surface area (Å²) in [5.74, 6) is 2.14. The van der Waals surface area contributed by atoms with Crippen LogP contribution in [0.2, 0.25) is 0 Å². The van der Waals surface area contributed by atoms with Crippen molar-refractivity contribution in [2.75, 3.05) is 0 Å². The number of carbonyl (C=O) groups excluding carboxylic acids is 1. The van der Waals surface area contributed by atoms with Crippen LogP contribution in [0.25, 0.3) is 0 Å². The van der Waals surface area contributed by atoms with Gasteiger partial charge in [-0.1, -0.05) is 18.7 Å². The molecule has 0 radical (unpaired) electrons. The molecule has 0 atom stereocenters. The Bertz CT molecular complexity index is 780. The number of carbonyl (C=O) groups is 1. The van der Waals surface area contributed by atoms with Crippen LogP contribution in [0.1, 0.15) is 35.5 Å². The van der Waals surface area contributed by atoms with Gasteiger partial charge < -0.3 is 14.3 Å². The number of rotatable bonds is 8. The maximum absolute atomic E-state index is 12.2. The van der Waals surface area contributed by atoms with Gasteiger partial charge in [-0.15, -0.1) is 0 Å². The van der Waals surface area contributed by atoms with Gasteiger partial charge in [0.15, 0.2) is 10.9 Å². The number of aromatic amines is 1. The summed E-state index contributed by atoms with van der Waals surface area (Å²) in [6, 6.07) is 3.46. The first-order valence-electron chi connectivity index (χ1n) is 7.61. The van der Waals surface area contributed by atoms with Crippen LogP contribution in [0.5, 0.6) is 0 Å². The summed E-state index contributed by atoms with van der Waals surface area (Å²) in [4.78, 5) is 20.5. The minimum atomic E-state index is -0.253. The second kappa shape index (κ2) is 7.82. The molecule has 3 heterocycles. The van der Waals surface area contributed by atoms with Gasteiger partial charge in [0.1, 0.15) is 17.9 Å². The number of aryl methyl sites for hydroxylation is 1. The van der Waals surface area contributed by atoms with E-state index in [2.05, 4.69) is 32.4 Å². The maximum atomic E-state index is 12.2. The quantitative estimate of drug-likeness (QED) is 0.607. The molecule has 9 heteroatoms. The van der Waals surface area contributed by atoms with Crippen molar-refractivity contribution in [1.82, 2.24) is 30.0 Å². The van der Waals surface area contributed by atoms with E-state index in [1.54, 1.807) is 18.3 Å². The summed E-state index contributed by atoms with van der Waals surface area (Å²) >= 11 is 1.46. The highest BCUT2D eigenvalue weighted by molar-refractivity contribution is 7.98. The number of hydrogen-bond donors (Lipinski definition) is 2. The highest BCUT2D eigenvalue weighted by atomic mass is 32.2. The van der Waals surface area contributed by atoms with Gasteiger partial charge in [0.2, 0.25) is 0 Å². The van der Waals surface area contributed by atoms with Crippen LogP contribution in [0.3, 0.4) is 0 Å². The molecule has 1 amide bonds. The van der Waals surface area contributed by atoms with Gasteiger partial charge >= 0.3 is 0 Å². The molecule has 0 saturated carbocycles. The minimum absolute atomic E-state index is 0.253. The topological polar surface area (TPSA) is 102 Å². The third kappa shape index (κ3) is 4.05. The molecule has 0 fully saturated rings. The van der Waals surface area contributed by atoms with Crippen molar-refractivity contribution in [3.05, 3.63) is 48.2 Å². The van der Waals surface area contributed by atoms with E-state index < -0.39 is 0 Å². The predicted octanol–water partition coefficient (Wildman–Crippen LogP) is 2.23. The zero-order valence-electron chi connectivity index (χ0n) is 13.2. The van der Waals surface area contributed by atoms with Crippen molar-refractivity contribution < 1.29 is 9.21 Å². The molecule has 3 aromatic heterocycles. The van der Waals surface area contributed by atoms with E-state index in [1.165, 1.54) is 18.1 Å². The SMILES string of the molecule is CCCn1ccnc1CNC(=O)c1ccc(CSc2ncn[nH]2)o1. The maximum Gasteiger partial charge on any atom is 0.287 e. The van der Waals surface area contributed by atoms with Gasteiger partial charge in [-0.3, -0.25) is 9.89 Å². The lowest BCUT2D eigenvalue weighted by atomic mass is 10.4. The molecule has 8 nitrogen and oxygen atoms in total. The van der Waals surface area contributed by atoms with E-state index in [-0.39, 0.29) is 11.7 Å². The van der Waals surface area contributed by atoms with Gasteiger partial charge in [0, 0.05) is 18.9 Å². The van der Waals surface area contributed by atoms with E-state index in [4.69, 9.17) is 4.42 Å². The molecular formula is C15H18N6O2S. The van der Waals surface area contributed by atoms with Crippen molar-refractivity contribution in [1.29, 1.82) is 0 Å². The third-order valence-corrected chi connectivity index (χ3v) is 4.20. The van der Waals surface area contributed by atoms with Gasteiger partial charge in [0.05, 0.1) is 12.3 Å². The van der Waals surface area contributed by atoms with Crippen LogP contribution in [0, 0.1) is 0 Å². The molecule has 126 valence electrons. The number of furan rings is 1. The summed E-state index contributed by atoms with van der Waals surface area (Å²) in [5.41, 5.74) is 0. The molecule has 0 unspecified atom stereocenters. The summed E-state index contributed by atoms with van der Waals surface area (Å²) in [5, 5.41) is 10.1. The molecule has 0 aromatic carbocycles. The van der Waals surface area contributed by atoms with Crippen molar-refractivity contribution in [2.24, 2.45) is 0 Å². The van der Waals surface area contributed by atoms with Crippen LogP contribution in [0.15, 0.2) is 40.4 Å². The fourth-order valence-corrected chi connectivity index (χ4v) is 2.85. The minimum Gasteiger partial charge on any atom is -0.455 e. The molecule has 0 spiro atoms. The Kier molecular flexibility index (Phi) is 5.32. The largest absolute Gasteiger partial charge is 0.455 e. The Morgan fingerprint density at radius 3 is 3.12 bits per heavy atom. The fraction of sp³-hybridized carbons (Fsp3) is 0.333. The number of imidazole rings is 1. The van der Waals surface area contributed by atoms with Crippen molar-refractivity contribution >= 4 is 17.7 Å². The first-order chi connectivity index (χ1) is 11.8. The average Bonchev–Trinajstić information content (AvgIpc) is 3.32. The van der Waals surface area contributed by atoms with Crippen LogP contribution in [-0.4, -0.2) is 30.6 Å². The number of amides is 1. The smallest absolute Gasteiger partial charge is 0.287 e. The van der Waals surface area contributed by atoms with Crippen molar-refractivity contribution in [2.45, 2.75) is 37.3 Å². The van der Waals surface area contributed by atoms with Gasteiger partial charge in [0.25, 0.3) is 5.91 Å². The molecule has 24 heavy (non-hydrogen) atoms. The van der Waals surface area contributed by atoms with E-state index in [0.717, 1.165) is 18.8 Å². The Morgan fingerprint density at radius 1 is 1.42 bits per heavy atom. The summed E-state index contributed by atoms with van der Waals surface area (Å²) < 4.78 is 7.60. The molecule has 0 bridgehead atoms. The molecule has 3 aromatic rings. The predicted molar refractivity (Wildman–Crippen MR) is 88.3 cm³/mol. The molecular weight excluding hydrogens is 328 g/mol. The lowest BCUT2D eigenvalue weighted by Gasteiger charge is -2.06. The van der Waals surface area contributed by atoms with Gasteiger partial charge in [-0.25, -0.2) is 9.97 Å². The van der Waals surface area contributed by atoms with E-state index in [9.17, 15) is 4.79 Å². The van der Waals surface area contributed by atoms with Gasteiger partial charge in [-0.2, -0.15) is 5.10 Å². The number of aromatic nitrogens is 5. The second-order valence-corrected chi connectivity index (χ2v) is 6.03. The summed E-state index contributed by atoms with van der Waals surface area (Å²) in [6.07, 6.45) is 6.12. The zero-order chi connectivity index (χ0) is 16.8. The van der Waals surface area contributed by atoms with Crippen LogP contribution < -0.4 is 5.32 Å². The average molecular weight is 346 g/mol. The molecule has 0 aliphatic heterocycles. The van der Waals surface area contributed by atoms with Crippen LogP contribution in [-0.2, 0) is 18.8 Å². The molecule has 0 saturated heterocycles. The van der Waals surface area contributed by atoms with Gasteiger partial charge in [-0.05, 0) is 18.6 Å². The Morgan fingerprint density at radius 2 is 2.33 bits per heavy atom. The van der Waals surface area contributed by atoms with Crippen molar-refractivity contribution in [3.8, 4) is 0 Å². The lowest BCUT2D eigenvalue weighted by Crippen LogP contribution is -2.24. The van der Waals surface area contributed by atoms with E-state index >= 15 is 0 Å². The summed E-state index contributed by atoms with van der Waals surface area (Å²) in [6.45, 7) is 3.35. The molecule has 0 aliphatic rings. The molecule has 2 N–H and O–H groups in total. The lowest BCUT2D eigenvalue weighted by molar-refractivity contribution is 0.0920. The second-order valence-electron chi connectivity index (χ2n) is 5.06. The Hall–Kier alpha value is -2.55. The number of nitrogens with one attached hydrogen (secondary N) is 2. The Labute approximate surface area is 143 Å². The van der Waals surface area contributed by atoms with Crippen LogP contribution in [0.4, 0.5) is 0 Å². The first kappa shape index (κ1) is 16.3. The first-order valence-corrected chi connectivity index (χ1v) is 8.60. The van der Waals surface area contributed by atoms with E-state index in [1.807, 2.05) is 10.8 Å². The highest BCUT2D eigenvalue weighted by Crippen LogP contribution is 2.20. The number of H-pyrrole nitrogens is 1. The van der Waals surface area contributed by atoms with Crippen molar-refractivity contribution in [3.63, 3.8) is 0 Å². The number of hydrogen-bond acceptors (Lipinski definition) is 6. The molecule has 3 rings (SSSR count). The standard InChI is InChI=1S/C15H18N6O2S/c1-2-6-21-7-5-16-13(21)8-17-14(22)12-4-3-11(23-12)9-24-15-18-10-19-20-15/h3-5,7,10H,2,6,8-9H2,1H3,(H,17,22)(H,18,19,20). The monoisotopic (exact) mass is 346 g/mol. The number of thioether (sulfide) groups is 1. The third-order valence-electron chi connectivity index (χ3n) is 3.30. The number of nitrogens with zero attached hydrogens (tertiary/aromatic N) is 4. The Balaban J connectivity index is 1.52. The summed E-state index contributed by atoms with van der Waals surface area (Å²) in [7, 11) is 0. The van der Waals surface area contributed by atoms with Crippen LogP contribution >= 0.6 is 11.8 Å². The van der Waals surface area contributed by atoms with E-state index in [0.29, 0.717) is 23.2 Å². The fourth-order valence-electron chi connectivity index (χ4n) is 2.18. The molecule has 0 aliphatic carbocycles. The highest BCUT2D eigenvalue weighted by Gasteiger charge is 2.13.